The molecule has 1 rings (SSSR count). The molecule has 0 aromatic heterocycles. The van der Waals surface area contributed by atoms with Gasteiger partial charge in [0.1, 0.15) is 0 Å². The zero-order chi connectivity index (χ0) is 12.2. The van der Waals surface area contributed by atoms with Crippen LogP contribution in [0.4, 0.5) is 0 Å². The van der Waals surface area contributed by atoms with Gasteiger partial charge in [-0.3, -0.25) is 4.99 Å². The molecule has 0 aromatic carbocycles. The monoisotopic (exact) mass is 226 g/mol. The Kier molecular flexibility index (Phi) is 4.96. The van der Waals surface area contributed by atoms with E-state index in [0.29, 0.717) is 5.92 Å². The van der Waals surface area contributed by atoms with Crippen LogP contribution < -0.4 is 0 Å². The summed E-state index contributed by atoms with van der Waals surface area (Å²) in [5.41, 5.74) is -0.360. The largest absolute Gasteiger partial charge is 0.437 e. The lowest BCUT2D eigenvalue weighted by Crippen LogP contribution is -2.43. The maximum atomic E-state index is 9.42. The highest BCUT2D eigenvalue weighted by Crippen LogP contribution is 2.17. The topological polar surface area (TPSA) is 56.1 Å². The van der Waals surface area contributed by atoms with Crippen LogP contribution in [0.5, 0.6) is 0 Å². The number of nitrogens with zero attached hydrogens (tertiary/aromatic N) is 2. The number of aliphatic imine (C=N–C) groups is 1. The predicted octanol–water partition coefficient (Wildman–Crippen LogP) is 0.650. The number of aliphatic hydroxyl groups is 1. The van der Waals surface area contributed by atoms with Gasteiger partial charge in [0.25, 0.3) is 0 Å². The van der Waals surface area contributed by atoms with E-state index in [4.69, 9.17) is 5.11 Å². The second kappa shape index (κ2) is 5.80. The van der Waals surface area contributed by atoms with E-state index in [-0.39, 0.29) is 19.2 Å². The van der Waals surface area contributed by atoms with Gasteiger partial charge in [-0.2, -0.15) is 0 Å². The summed E-state index contributed by atoms with van der Waals surface area (Å²) in [6, 6.07) is 0. The fourth-order valence-electron chi connectivity index (χ4n) is 1.79. The zero-order valence-electron chi connectivity index (χ0n) is 10.6. The molecule has 0 radical (unpaired) electrons. The van der Waals surface area contributed by atoms with Gasteiger partial charge < -0.3 is 14.9 Å². The smallest absolute Gasteiger partial charge is 0.376 e. The van der Waals surface area contributed by atoms with E-state index >= 15 is 0 Å². The molecule has 4 nitrogen and oxygen atoms in total. The minimum atomic E-state index is -0.360. The van der Waals surface area contributed by atoms with Crippen LogP contribution in [0.3, 0.4) is 0 Å². The molecule has 1 aliphatic heterocycles. The van der Waals surface area contributed by atoms with Gasteiger partial charge in [-0.1, -0.05) is 0 Å². The van der Waals surface area contributed by atoms with E-state index in [1.807, 2.05) is 26.9 Å². The van der Waals surface area contributed by atoms with Crippen LogP contribution in [-0.2, 0) is 0 Å². The fraction of sp³-hybridized carbons (Fsp3) is 0.909. The Bertz CT molecular complexity index is 236. The maximum absolute atomic E-state index is 9.42. The van der Waals surface area contributed by atoms with Gasteiger partial charge >= 0.3 is 7.05 Å². The number of hydrogen-bond donors (Lipinski definition) is 2. The summed E-state index contributed by atoms with van der Waals surface area (Å²) in [6.45, 7) is 7.59. The molecular formula is C11H23BN2O2. The van der Waals surface area contributed by atoms with E-state index in [1.54, 1.807) is 0 Å². The average Bonchev–Trinajstić information content (AvgIpc) is 2.27. The second-order valence-electron chi connectivity index (χ2n) is 5.25. The van der Waals surface area contributed by atoms with E-state index in [2.05, 4.69) is 9.80 Å². The molecule has 0 bridgehead atoms. The lowest BCUT2D eigenvalue weighted by molar-refractivity contribution is 0.222. The Morgan fingerprint density at radius 2 is 2.00 bits per heavy atom. The Hall–Kier alpha value is -0.385. The number of hydrogen-bond acceptors (Lipinski definition) is 4. The van der Waals surface area contributed by atoms with E-state index < -0.39 is 0 Å². The van der Waals surface area contributed by atoms with Crippen LogP contribution in [0.2, 0.25) is 6.82 Å². The molecular weight excluding hydrogens is 203 g/mol. The lowest BCUT2D eigenvalue weighted by Gasteiger charge is -2.31. The highest BCUT2D eigenvalue weighted by atomic mass is 16.3. The predicted molar refractivity (Wildman–Crippen MR) is 67.8 cm³/mol. The van der Waals surface area contributed by atoms with Gasteiger partial charge in [0.15, 0.2) is 0 Å². The van der Waals surface area contributed by atoms with Gasteiger partial charge in [0.2, 0.25) is 0 Å². The highest BCUT2D eigenvalue weighted by Gasteiger charge is 2.23. The van der Waals surface area contributed by atoms with Crippen molar-refractivity contribution < 1.29 is 10.1 Å². The molecule has 0 spiro atoms. The summed E-state index contributed by atoms with van der Waals surface area (Å²) in [5, 5.41) is 18.5. The summed E-state index contributed by atoms with van der Waals surface area (Å²) >= 11 is 0. The fourth-order valence-corrected chi connectivity index (χ4v) is 1.79. The van der Waals surface area contributed by atoms with Crippen molar-refractivity contribution >= 4 is 13.3 Å². The van der Waals surface area contributed by atoms with Crippen LogP contribution in [0.15, 0.2) is 4.99 Å². The standard InChI is InChI=1S/C11H23BN2O2/c1-11(2,9-15)13-8-10-4-6-14(7-5-10)12(3)16/h8,10,15-16H,4-7,9H2,1-3H3. The molecule has 1 heterocycles. The van der Waals surface area contributed by atoms with Crippen LogP contribution in [0.1, 0.15) is 26.7 Å². The molecule has 0 atom stereocenters. The van der Waals surface area contributed by atoms with Gasteiger partial charge in [-0.05, 0) is 52.5 Å². The Balaban J connectivity index is 2.37. The van der Waals surface area contributed by atoms with E-state index in [9.17, 15) is 5.02 Å². The van der Waals surface area contributed by atoms with Crippen molar-refractivity contribution in [2.45, 2.75) is 39.1 Å². The first-order chi connectivity index (χ1) is 7.44. The molecule has 0 unspecified atom stereocenters. The molecule has 1 saturated heterocycles. The summed E-state index contributed by atoms with van der Waals surface area (Å²) < 4.78 is 0. The van der Waals surface area contributed by atoms with Crippen LogP contribution >= 0.6 is 0 Å². The molecule has 2 N–H and O–H groups in total. The molecule has 5 heteroatoms. The Labute approximate surface area is 98.5 Å². The minimum Gasteiger partial charge on any atom is -0.437 e. The van der Waals surface area contributed by atoms with E-state index in [1.165, 1.54) is 0 Å². The molecule has 0 saturated carbocycles. The third-order valence-electron chi connectivity index (χ3n) is 3.12. The third kappa shape index (κ3) is 4.24. The van der Waals surface area contributed by atoms with Crippen molar-refractivity contribution in [1.29, 1.82) is 0 Å². The summed E-state index contributed by atoms with van der Waals surface area (Å²) in [7, 11) is -0.341. The molecule has 0 aliphatic carbocycles. The van der Waals surface area contributed by atoms with Crippen molar-refractivity contribution in [3.8, 4) is 0 Å². The highest BCUT2D eigenvalue weighted by molar-refractivity contribution is 6.45. The minimum absolute atomic E-state index is 0.0794. The zero-order valence-corrected chi connectivity index (χ0v) is 10.6. The quantitative estimate of drug-likeness (QED) is 0.546. The first kappa shape index (κ1) is 13.7. The summed E-state index contributed by atoms with van der Waals surface area (Å²) in [4.78, 5) is 6.48. The van der Waals surface area contributed by atoms with Crippen molar-refractivity contribution in [3.05, 3.63) is 0 Å². The van der Waals surface area contributed by atoms with Crippen LogP contribution in [0.25, 0.3) is 0 Å². The van der Waals surface area contributed by atoms with Crippen LogP contribution in [0, 0.1) is 5.92 Å². The van der Waals surface area contributed by atoms with Gasteiger partial charge in [-0.15, -0.1) is 0 Å². The van der Waals surface area contributed by atoms with Crippen molar-refractivity contribution in [3.63, 3.8) is 0 Å². The first-order valence-electron chi connectivity index (χ1n) is 6.03. The van der Waals surface area contributed by atoms with Crippen molar-refractivity contribution in [2.75, 3.05) is 19.7 Å². The molecule has 0 amide bonds. The second-order valence-corrected chi connectivity index (χ2v) is 5.25. The summed E-state index contributed by atoms with van der Waals surface area (Å²) in [6.07, 6.45) is 4.06. The molecule has 1 aliphatic rings. The third-order valence-corrected chi connectivity index (χ3v) is 3.12. The molecule has 0 aromatic rings. The van der Waals surface area contributed by atoms with Crippen molar-refractivity contribution in [2.24, 2.45) is 10.9 Å². The van der Waals surface area contributed by atoms with Crippen molar-refractivity contribution in [1.82, 2.24) is 4.81 Å². The molecule has 1 fully saturated rings. The van der Waals surface area contributed by atoms with Gasteiger partial charge in [-0.25, -0.2) is 0 Å². The Morgan fingerprint density at radius 1 is 1.44 bits per heavy atom. The first-order valence-corrected chi connectivity index (χ1v) is 6.03. The number of piperidine rings is 1. The van der Waals surface area contributed by atoms with Crippen LogP contribution in [-0.4, -0.2) is 53.4 Å². The average molecular weight is 226 g/mol. The number of aliphatic hydroxyl groups excluding tert-OH is 1. The maximum Gasteiger partial charge on any atom is 0.376 e. The van der Waals surface area contributed by atoms with Gasteiger partial charge in [0, 0.05) is 6.21 Å². The molecule has 16 heavy (non-hydrogen) atoms. The Morgan fingerprint density at radius 3 is 2.44 bits per heavy atom. The van der Waals surface area contributed by atoms with Gasteiger partial charge in [0.05, 0.1) is 12.1 Å². The number of rotatable bonds is 4. The molecule has 92 valence electrons. The SMILES string of the molecule is CB(O)N1CCC(C=NC(C)(C)CO)CC1. The lowest BCUT2D eigenvalue weighted by atomic mass is 9.81. The van der Waals surface area contributed by atoms with E-state index in [0.717, 1.165) is 25.9 Å². The summed E-state index contributed by atoms with van der Waals surface area (Å²) in [5.74, 6) is 0.487. The normalized spacial score (nSPS) is 20.6.